The van der Waals surface area contributed by atoms with Gasteiger partial charge >= 0.3 is 0 Å². The molecule has 28 heavy (non-hydrogen) atoms. The average Bonchev–Trinajstić information content (AvgIpc) is 2.74. The molecule has 3 aromatic rings. The van der Waals surface area contributed by atoms with Crippen molar-refractivity contribution in [1.82, 2.24) is 0 Å². The second-order valence-electron chi connectivity index (χ2n) is 6.60. The second kappa shape index (κ2) is 7.56. The normalized spacial score (nSPS) is 12.7. The number of carbonyl (C=O) groups excluding carboxylic acids is 2. The van der Waals surface area contributed by atoms with Crippen LogP contribution in [-0.2, 0) is 4.79 Å². The smallest absolute Gasteiger partial charge is 0.255 e. The number of benzene rings is 3. The highest BCUT2D eigenvalue weighted by atomic mass is 16.5. The molecule has 5 heteroatoms. The summed E-state index contributed by atoms with van der Waals surface area (Å²) in [6.45, 7) is 2.48. The van der Waals surface area contributed by atoms with Gasteiger partial charge in [-0.2, -0.15) is 0 Å². The van der Waals surface area contributed by atoms with Gasteiger partial charge < -0.3 is 15.0 Å². The molecule has 1 heterocycles. The Labute approximate surface area is 163 Å². The van der Waals surface area contributed by atoms with Gasteiger partial charge in [-0.1, -0.05) is 42.5 Å². The summed E-state index contributed by atoms with van der Waals surface area (Å²) in [6.07, 6.45) is 0. The van der Waals surface area contributed by atoms with E-state index in [1.807, 2.05) is 48.5 Å². The lowest BCUT2D eigenvalue weighted by Gasteiger charge is -2.29. The van der Waals surface area contributed by atoms with Crippen LogP contribution in [0.2, 0.25) is 0 Å². The van der Waals surface area contributed by atoms with Crippen LogP contribution < -0.4 is 15.0 Å². The Balaban J connectivity index is 1.58. The summed E-state index contributed by atoms with van der Waals surface area (Å²) < 4.78 is 5.61. The van der Waals surface area contributed by atoms with Crippen LogP contribution >= 0.6 is 0 Å². The van der Waals surface area contributed by atoms with Gasteiger partial charge in [0, 0.05) is 18.2 Å². The lowest BCUT2D eigenvalue weighted by molar-refractivity contribution is -0.116. The first-order chi connectivity index (χ1) is 13.6. The Bertz CT molecular complexity index is 1030. The van der Waals surface area contributed by atoms with E-state index >= 15 is 0 Å². The van der Waals surface area contributed by atoms with Gasteiger partial charge in [0.05, 0.1) is 12.2 Å². The predicted octanol–water partition coefficient (Wildman–Crippen LogP) is 4.35. The molecule has 4 rings (SSSR count). The Morgan fingerprint density at radius 3 is 2.50 bits per heavy atom. The average molecular weight is 372 g/mol. The largest absolute Gasteiger partial charge is 0.490 e. The van der Waals surface area contributed by atoms with Gasteiger partial charge in [0.1, 0.15) is 12.4 Å². The Kier molecular flexibility index (Phi) is 4.81. The number of amides is 2. The molecule has 1 N–H and O–H groups in total. The molecule has 140 valence electrons. The quantitative estimate of drug-likeness (QED) is 0.744. The molecule has 0 bridgehead atoms. The summed E-state index contributed by atoms with van der Waals surface area (Å²) in [5, 5.41) is 2.91. The first-order valence-electron chi connectivity index (χ1n) is 9.13. The van der Waals surface area contributed by atoms with Crippen LogP contribution in [0, 0.1) is 0 Å². The molecule has 0 radical (unpaired) electrons. The predicted molar refractivity (Wildman–Crippen MR) is 110 cm³/mol. The van der Waals surface area contributed by atoms with Crippen LogP contribution in [0.4, 0.5) is 11.4 Å². The Morgan fingerprint density at radius 2 is 1.71 bits per heavy atom. The van der Waals surface area contributed by atoms with Crippen molar-refractivity contribution in [2.75, 3.05) is 23.4 Å². The summed E-state index contributed by atoms with van der Waals surface area (Å²) >= 11 is 0. The van der Waals surface area contributed by atoms with Crippen LogP contribution in [0.3, 0.4) is 0 Å². The van der Waals surface area contributed by atoms with Crippen molar-refractivity contribution in [3.05, 3.63) is 78.4 Å². The highest BCUT2D eigenvalue weighted by molar-refractivity contribution is 6.05. The van der Waals surface area contributed by atoms with Crippen LogP contribution in [0.1, 0.15) is 17.3 Å². The van der Waals surface area contributed by atoms with Crippen LogP contribution in [-0.4, -0.2) is 25.0 Å². The minimum absolute atomic E-state index is 0.0522. The zero-order valence-electron chi connectivity index (χ0n) is 15.5. The molecule has 5 nitrogen and oxygen atoms in total. The standard InChI is InChI=1S/C23H20N2O3/c1-16(26)25-12-13-28-22-11-10-20(15-21(22)25)24-23(27)19-9-5-8-18(14-19)17-6-3-2-4-7-17/h2-11,14-15H,12-13H2,1H3,(H,24,27). The maximum absolute atomic E-state index is 12.8. The second-order valence-corrected chi connectivity index (χ2v) is 6.60. The summed E-state index contributed by atoms with van der Waals surface area (Å²) in [5.41, 5.74) is 3.90. The zero-order chi connectivity index (χ0) is 19.5. The third-order valence-corrected chi connectivity index (χ3v) is 4.69. The lowest BCUT2D eigenvalue weighted by Crippen LogP contribution is -2.36. The van der Waals surface area contributed by atoms with Gasteiger partial charge in [-0.05, 0) is 41.5 Å². The van der Waals surface area contributed by atoms with Crippen molar-refractivity contribution in [3.63, 3.8) is 0 Å². The highest BCUT2D eigenvalue weighted by Gasteiger charge is 2.22. The fraction of sp³-hybridized carbons (Fsp3) is 0.130. The van der Waals surface area contributed by atoms with E-state index in [0.29, 0.717) is 35.8 Å². The maximum atomic E-state index is 12.8. The number of hydrogen-bond donors (Lipinski definition) is 1. The number of ether oxygens (including phenoxy) is 1. The van der Waals surface area contributed by atoms with Gasteiger partial charge in [-0.25, -0.2) is 0 Å². The SMILES string of the molecule is CC(=O)N1CCOc2ccc(NC(=O)c3cccc(-c4ccccc4)c3)cc21. The molecule has 0 spiro atoms. The Hall–Kier alpha value is -3.60. The molecule has 0 saturated heterocycles. The minimum atomic E-state index is -0.205. The van der Waals surface area contributed by atoms with Crippen molar-refractivity contribution >= 4 is 23.2 Å². The number of nitrogens with one attached hydrogen (secondary N) is 1. The monoisotopic (exact) mass is 372 g/mol. The van der Waals surface area contributed by atoms with Gasteiger partial charge in [-0.3, -0.25) is 9.59 Å². The molecule has 1 aliphatic heterocycles. The number of carbonyl (C=O) groups is 2. The van der Waals surface area contributed by atoms with Crippen molar-refractivity contribution in [1.29, 1.82) is 0 Å². The van der Waals surface area contributed by atoms with Crippen molar-refractivity contribution in [2.45, 2.75) is 6.92 Å². The number of nitrogens with zero attached hydrogens (tertiary/aromatic N) is 1. The van der Waals surface area contributed by atoms with E-state index in [-0.39, 0.29) is 11.8 Å². The van der Waals surface area contributed by atoms with E-state index in [9.17, 15) is 9.59 Å². The molecule has 3 aromatic carbocycles. The van der Waals surface area contributed by atoms with E-state index in [0.717, 1.165) is 11.1 Å². The molecule has 0 aliphatic carbocycles. The highest BCUT2D eigenvalue weighted by Crippen LogP contribution is 2.34. The van der Waals surface area contributed by atoms with E-state index in [4.69, 9.17) is 4.74 Å². The van der Waals surface area contributed by atoms with Crippen LogP contribution in [0.5, 0.6) is 5.75 Å². The number of anilines is 2. The number of fused-ring (bicyclic) bond motifs is 1. The lowest BCUT2D eigenvalue weighted by atomic mass is 10.0. The Morgan fingerprint density at radius 1 is 0.929 bits per heavy atom. The maximum Gasteiger partial charge on any atom is 0.255 e. The van der Waals surface area contributed by atoms with E-state index < -0.39 is 0 Å². The van der Waals surface area contributed by atoms with Crippen molar-refractivity contribution < 1.29 is 14.3 Å². The van der Waals surface area contributed by atoms with E-state index in [1.54, 1.807) is 29.2 Å². The number of rotatable bonds is 3. The van der Waals surface area contributed by atoms with Gasteiger partial charge in [0.15, 0.2) is 0 Å². The van der Waals surface area contributed by atoms with Gasteiger partial charge in [0.2, 0.25) is 5.91 Å². The van der Waals surface area contributed by atoms with Crippen LogP contribution in [0.25, 0.3) is 11.1 Å². The van der Waals surface area contributed by atoms with Gasteiger partial charge in [0.25, 0.3) is 5.91 Å². The third-order valence-electron chi connectivity index (χ3n) is 4.69. The van der Waals surface area contributed by atoms with Crippen LogP contribution in [0.15, 0.2) is 72.8 Å². The molecule has 0 saturated carbocycles. The molecular formula is C23H20N2O3. The minimum Gasteiger partial charge on any atom is -0.490 e. The fourth-order valence-electron chi connectivity index (χ4n) is 3.30. The summed E-state index contributed by atoms with van der Waals surface area (Å²) in [5.74, 6) is 0.387. The van der Waals surface area contributed by atoms with E-state index in [2.05, 4.69) is 5.32 Å². The fourth-order valence-corrected chi connectivity index (χ4v) is 3.30. The number of hydrogen-bond acceptors (Lipinski definition) is 3. The molecule has 0 unspecified atom stereocenters. The molecule has 2 amide bonds. The summed E-state index contributed by atoms with van der Waals surface area (Å²) in [4.78, 5) is 26.3. The molecule has 0 fully saturated rings. The van der Waals surface area contributed by atoms with Gasteiger partial charge in [-0.15, -0.1) is 0 Å². The first-order valence-corrected chi connectivity index (χ1v) is 9.13. The summed E-state index contributed by atoms with van der Waals surface area (Å²) in [6, 6.07) is 22.8. The molecular weight excluding hydrogens is 352 g/mol. The van der Waals surface area contributed by atoms with Crippen molar-refractivity contribution in [2.24, 2.45) is 0 Å². The molecule has 0 atom stereocenters. The van der Waals surface area contributed by atoms with Crippen molar-refractivity contribution in [3.8, 4) is 16.9 Å². The molecule has 1 aliphatic rings. The first kappa shape index (κ1) is 17.8. The summed E-state index contributed by atoms with van der Waals surface area (Å²) in [7, 11) is 0. The molecule has 0 aromatic heterocycles. The zero-order valence-corrected chi connectivity index (χ0v) is 15.5. The van der Waals surface area contributed by atoms with E-state index in [1.165, 1.54) is 6.92 Å². The topological polar surface area (TPSA) is 58.6 Å². The third kappa shape index (κ3) is 3.60.